The van der Waals surface area contributed by atoms with Crippen molar-refractivity contribution in [3.63, 3.8) is 0 Å². The zero-order valence-electron chi connectivity index (χ0n) is 15.7. The van der Waals surface area contributed by atoms with E-state index in [4.69, 9.17) is 4.74 Å². The Balaban J connectivity index is 0.00000529. The predicted molar refractivity (Wildman–Crippen MR) is 119 cm³/mol. The molecular weight excluding hydrogens is 433 g/mol. The monoisotopic (exact) mass is 469 g/mol. The second-order valence-electron chi connectivity index (χ2n) is 6.19. The molecule has 1 saturated heterocycles. The van der Waals surface area contributed by atoms with Crippen molar-refractivity contribution in [1.82, 2.24) is 10.2 Å². The number of nitrogens with zero attached hydrogens (tertiary/aromatic N) is 2. The minimum atomic E-state index is 0. The molecule has 0 bridgehead atoms. The van der Waals surface area contributed by atoms with Crippen molar-refractivity contribution in [1.29, 1.82) is 0 Å². The van der Waals surface area contributed by atoms with Crippen LogP contribution in [0, 0.1) is 0 Å². The number of thioether (sulfide) groups is 1. The second-order valence-corrected chi connectivity index (χ2v) is 7.92. The molecule has 0 unspecified atom stereocenters. The maximum atomic E-state index is 5.55. The zero-order valence-corrected chi connectivity index (χ0v) is 18.8. The van der Waals surface area contributed by atoms with Crippen LogP contribution in [0.15, 0.2) is 17.6 Å². The Labute approximate surface area is 170 Å². The van der Waals surface area contributed by atoms with Crippen molar-refractivity contribution in [2.75, 3.05) is 46.2 Å². The van der Waals surface area contributed by atoms with Gasteiger partial charge in [0.25, 0.3) is 0 Å². The third kappa shape index (κ3) is 8.94. The number of hydrogen-bond acceptors (Lipinski definition) is 3. The van der Waals surface area contributed by atoms with Gasteiger partial charge < -0.3 is 15.0 Å². The van der Waals surface area contributed by atoms with Crippen LogP contribution < -0.4 is 5.32 Å². The summed E-state index contributed by atoms with van der Waals surface area (Å²) in [4.78, 5) is 6.70. The van der Waals surface area contributed by atoms with Gasteiger partial charge >= 0.3 is 0 Å². The molecule has 0 radical (unpaired) electrons. The van der Waals surface area contributed by atoms with Gasteiger partial charge in [0.2, 0.25) is 0 Å². The van der Waals surface area contributed by atoms with E-state index in [1.165, 1.54) is 19.3 Å². The van der Waals surface area contributed by atoms with Gasteiger partial charge in [-0.1, -0.05) is 19.4 Å². The fourth-order valence-electron chi connectivity index (χ4n) is 2.97. The van der Waals surface area contributed by atoms with E-state index in [0.29, 0.717) is 4.75 Å². The number of nitrogens with one attached hydrogen (secondary N) is 1. The first-order valence-corrected chi connectivity index (χ1v) is 9.90. The summed E-state index contributed by atoms with van der Waals surface area (Å²) in [6.45, 7) is 9.80. The van der Waals surface area contributed by atoms with E-state index in [-0.39, 0.29) is 24.0 Å². The quantitative estimate of drug-likeness (QED) is 0.171. The molecule has 1 aliphatic rings. The highest BCUT2D eigenvalue weighted by molar-refractivity contribution is 14.0. The summed E-state index contributed by atoms with van der Waals surface area (Å²) in [5, 5.41) is 3.60. The van der Waals surface area contributed by atoms with Crippen LogP contribution in [0.5, 0.6) is 0 Å². The van der Waals surface area contributed by atoms with Crippen LogP contribution in [0.25, 0.3) is 0 Å². The van der Waals surface area contributed by atoms with Gasteiger partial charge in [-0.25, -0.2) is 0 Å². The van der Waals surface area contributed by atoms with Crippen molar-refractivity contribution in [2.24, 2.45) is 4.99 Å². The Hall–Kier alpha value is 0.0500. The van der Waals surface area contributed by atoms with Gasteiger partial charge in [-0.2, -0.15) is 11.8 Å². The number of hydrogen-bond donors (Lipinski definition) is 1. The Morgan fingerprint density at radius 1 is 1.33 bits per heavy atom. The van der Waals surface area contributed by atoms with Crippen LogP contribution in [0.3, 0.4) is 0 Å². The van der Waals surface area contributed by atoms with Crippen LogP contribution in [-0.4, -0.2) is 61.8 Å². The number of ether oxygens (including phenoxy) is 1. The lowest BCUT2D eigenvalue weighted by atomic mass is 9.99. The first-order chi connectivity index (χ1) is 11.2. The molecule has 0 amide bonds. The normalized spacial score (nSPS) is 17.0. The van der Waals surface area contributed by atoms with Crippen LogP contribution in [0.4, 0.5) is 0 Å². The molecule has 1 heterocycles. The van der Waals surface area contributed by atoms with Crippen molar-refractivity contribution in [2.45, 2.75) is 50.2 Å². The minimum absolute atomic E-state index is 0. The van der Waals surface area contributed by atoms with Crippen LogP contribution in [-0.2, 0) is 4.74 Å². The average molecular weight is 469 g/mol. The van der Waals surface area contributed by atoms with Gasteiger partial charge in [-0.15, -0.1) is 30.6 Å². The SMILES string of the molecule is C=CCCCCCN(C)C(=NC)NCC1(SCC)CCOCC1.I. The Morgan fingerprint density at radius 3 is 2.62 bits per heavy atom. The molecule has 0 aliphatic carbocycles. The van der Waals surface area contributed by atoms with Crippen molar-refractivity contribution in [3.8, 4) is 0 Å². The van der Waals surface area contributed by atoms with Gasteiger partial charge in [0.1, 0.15) is 0 Å². The maximum absolute atomic E-state index is 5.55. The molecule has 1 rings (SSSR count). The Morgan fingerprint density at radius 2 is 2.04 bits per heavy atom. The molecule has 1 fully saturated rings. The summed E-state index contributed by atoms with van der Waals surface area (Å²) in [6.07, 6.45) is 9.06. The summed E-state index contributed by atoms with van der Waals surface area (Å²) in [7, 11) is 4.01. The maximum Gasteiger partial charge on any atom is 0.193 e. The summed E-state index contributed by atoms with van der Waals surface area (Å²) in [5.74, 6) is 2.16. The molecule has 4 nitrogen and oxygen atoms in total. The lowest BCUT2D eigenvalue weighted by Gasteiger charge is -2.37. The number of allylic oxidation sites excluding steroid dienone is 1. The highest BCUT2D eigenvalue weighted by Gasteiger charge is 2.32. The third-order valence-corrected chi connectivity index (χ3v) is 5.85. The van der Waals surface area contributed by atoms with E-state index in [1.807, 2.05) is 13.1 Å². The van der Waals surface area contributed by atoms with Crippen molar-refractivity contribution >= 4 is 41.7 Å². The molecule has 24 heavy (non-hydrogen) atoms. The van der Waals surface area contributed by atoms with Gasteiger partial charge in [-0.3, -0.25) is 4.99 Å². The summed E-state index contributed by atoms with van der Waals surface area (Å²) in [5.41, 5.74) is 0. The molecule has 1 N–H and O–H groups in total. The van der Waals surface area contributed by atoms with E-state index >= 15 is 0 Å². The standard InChI is InChI=1S/C18H35N3OS.HI/c1-5-7-8-9-10-13-21(4)17(19-3)20-16-18(23-6-2)11-14-22-15-12-18;/h5H,1,6-16H2,2-4H3,(H,19,20);1H. The summed E-state index contributed by atoms with van der Waals surface area (Å²) >= 11 is 2.07. The summed E-state index contributed by atoms with van der Waals surface area (Å²) < 4.78 is 5.85. The van der Waals surface area contributed by atoms with Crippen LogP contribution in [0.2, 0.25) is 0 Å². The van der Waals surface area contributed by atoms with E-state index in [2.05, 4.69) is 47.5 Å². The fourth-order valence-corrected chi connectivity index (χ4v) is 4.21. The predicted octanol–water partition coefficient (Wildman–Crippen LogP) is 4.16. The molecule has 0 aromatic heterocycles. The van der Waals surface area contributed by atoms with E-state index in [9.17, 15) is 0 Å². The second kappa shape index (κ2) is 14.2. The lowest BCUT2D eigenvalue weighted by Crippen LogP contribution is -2.48. The Bertz CT molecular complexity index is 355. The lowest BCUT2D eigenvalue weighted by molar-refractivity contribution is 0.0781. The van der Waals surface area contributed by atoms with Gasteiger partial charge in [0.15, 0.2) is 5.96 Å². The van der Waals surface area contributed by atoms with Crippen molar-refractivity contribution in [3.05, 3.63) is 12.7 Å². The first kappa shape index (κ1) is 24.1. The number of unbranched alkanes of at least 4 members (excludes halogenated alkanes) is 3. The first-order valence-electron chi connectivity index (χ1n) is 8.92. The third-order valence-electron chi connectivity index (χ3n) is 4.40. The van der Waals surface area contributed by atoms with Crippen molar-refractivity contribution < 1.29 is 4.74 Å². The Kier molecular flexibility index (Phi) is 14.3. The van der Waals surface area contributed by atoms with Crippen LogP contribution >= 0.6 is 35.7 Å². The number of guanidine groups is 1. The minimum Gasteiger partial charge on any atom is -0.381 e. The van der Waals surface area contributed by atoms with E-state index in [0.717, 1.165) is 57.3 Å². The smallest absolute Gasteiger partial charge is 0.193 e. The molecule has 142 valence electrons. The fraction of sp³-hybridized carbons (Fsp3) is 0.833. The summed E-state index contributed by atoms with van der Waals surface area (Å²) in [6, 6.07) is 0. The molecule has 0 saturated carbocycles. The molecule has 6 heteroatoms. The highest BCUT2D eigenvalue weighted by atomic mass is 127. The number of aliphatic imine (C=N–C) groups is 1. The number of rotatable bonds is 10. The highest BCUT2D eigenvalue weighted by Crippen LogP contribution is 2.34. The molecule has 0 aromatic carbocycles. The van der Waals surface area contributed by atoms with Crippen LogP contribution in [0.1, 0.15) is 45.4 Å². The van der Waals surface area contributed by atoms with E-state index in [1.54, 1.807) is 0 Å². The van der Waals surface area contributed by atoms with E-state index < -0.39 is 0 Å². The largest absolute Gasteiger partial charge is 0.381 e. The number of halogens is 1. The molecule has 0 aromatic rings. The van der Waals surface area contributed by atoms with Gasteiger partial charge in [0, 0.05) is 45.1 Å². The van der Waals surface area contributed by atoms with Gasteiger partial charge in [0.05, 0.1) is 0 Å². The topological polar surface area (TPSA) is 36.9 Å². The molecule has 1 aliphatic heterocycles. The molecular formula is C18H36IN3OS. The van der Waals surface area contributed by atoms with Gasteiger partial charge in [-0.05, 0) is 37.9 Å². The molecule has 0 spiro atoms. The average Bonchev–Trinajstić information content (AvgIpc) is 2.56. The zero-order chi connectivity index (χ0) is 17.0. The molecule has 0 atom stereocenters.